The van der Waals surface area contributed by atoms with Crippen molar-refractivity contribution in [2.75, 3.05) is 24.7 Å². The molecule has 25 heteroatoms. The van der Waals surface area contributed by atoms with Gasteiger partial charge in [-0.05, 0) is 0 Å². The van der Waals surface area contributed by atoms with E-state index in [1.165, 1.54) is 34.4 Å². The van der Waals surface area contributed by atoms with E-state index in [0.717, 1.165) is 0 Å². The molecule has 0 radical (unpaired) electrons. The second-order valence-corrected chi connectivity index (χ2v) is 12.9. The van der Waals surface area contributed by atoms with Crippen LogP contribution in [0, 0.1) is 0 Å². The smallest absolute Gasteiger partial charge is 0.387 e. The number of nitrogen functional groups attached to an aromatic ring is 2. The first-order chi connectivity index (χ1) is 21.7. The molecule has 3 unspecified atom stereocenters. The van der Waals surface area contributed by atoms with Crippen LogP contribution in [-0.2, 0) is 32.2 Å². The monoisotopic (exact) mass is 690 g/mol. The molecule has 3 saturated heterocycles. The molecular formula is C21H28N10O13P2. The molecule has 3 aliphatic heterocycles. The first kappa shape index (κ1) is 32.7. The molecule has 250 valence electrons. The Morgan fingerprint density at radius 1 is 0.891 bits per heavy atom. The summed E-state index contributed by atoms with van der Waals surface area (Å²) in [5, 5.41) is 30.5. The van der Waals surface area contributed by atoms with Gasteiger partial charge in [0.1, 0.15) is 54.2 Å². The van der Waals surface area contributed by atoms with Crippen molar-refractivity contribution >= 4 is 49.6 Å². The first-order valence-corrected chi connectivity index (χ1v) is 16.3. The van der Waals surface area contributed by atoms with Crippen LogP contribution >= 0.6 is 15.6 Å². The third-order valence-corrected chi connectivity index (χ3v) is 8.79. The van der Waals surface area contributed by atoms with Gasteiger partial charge >= 0.3 is 15.6 Å². The molecule has 4 aromatic rings. The van der Waals surface area contributed by atoms with Gasteiger partial charge in [0.2, 0.25) is 0 Å². The van der Waals surface area contributed by atoms with Crippen molar-refractivity contribution in [2.45, 2.75) is 55.5 Å². The van der Waals surface area contributed by atoms with Gasteiger partial charge in [-0.15, -0.1) is 0 Å². The van der Waals surface area contributed by atoms with Crippen molar-refractivity contribution in [2.24, 2.45) is 0 Å². The van der Waals surface area contributed by atoms with Crippen LogP contribution in [0.4, 0.5) is 11.6 Å². The van der Waals surface area contributed by atoms with Crippen LogP contribution in [0.25, 0.3) is 22.3 Å². The van der Waals surface area contributed by atoms with E-state index in [1.807, 2.05) is 0 Å². The van der Waals surface area contributed by atoms with Crippen molar-refractivity contribution in [1.29, 1.82) is 0 Å². The summed E-state index contributed by atoms with van der Waals surface area (Å²) in [6.45, 7) is -0.600. The number of rotatable bonds is 5. The summed E-state index contributed by atoms with van der Waals surface area (Å²) in [5.41, 5.74) is 12.8. The minimum atomic E-state index is -4.72. The molecule has 23 nitrogen and oxygen atoms in total. The molecule has 3 aliphatic rings. The van der Waals surface area contributed by atoms with Crippen LogP contribution in [-0.4, -0.2) is 119 Å². The number of aliphatic hydroxyl groups is 3. The molecule has 7 heterocycles. The maximum atomic E-state index is 11.7. The third-order valence-electron chi connectivity index (χ3n) is 7.29. The Morgan fingerprint density at radius 2 is 1.46 bits per heavy atom. The molecule has 0 spiro atoms. The van der Waals surface area contributed by atoms with E-state index >= 15 is 0 Å². The number of hydrogen-bond donors (Lipinski definition) is 8. The van der Waals surface area contributed by atoms with Crippen molar-refractivity contribution in [3.63, 3.8) is 0 Å². The van der Waals surface area contributed by atoms with Crippen LogP contribution < -0.4 is 11.5 Å². The number of nitrogens with two attached hydrogens (primary N) is 2. The number of hydrogen-bond acceptors (Lipinski definition) is 18. The standard InChI is InChI=1S/C11H14N5O6P.C10H14N5O7P/c12-9-6-10(14-3-13-9)16(4-15-6)11-7(17)8-5(21-11)1-2-20-23(18,19)22-8;11-8-5-9(13-2-12-8)15(3-14-5)10-7(17)6(16)4(22-10)1-21-23(18,19)20/h3-5,7-8,11,17H,1-2H2,(H,18,19)(H2,12,13,14);2-4,6-7,10,16-17H,1H2,(H2,11,12,13)(H2,18,19,20)/t5-,7?,8+,11-;4-,6+,7?,10-/m11/s1. The molecule has 0 aliphatic carbocycles. The van der Waals surface area contributed by atoms with Gasteiger partial charge in [0.25, 0.3) is 0 Å². The number of anilines is 2. The van der Waals surface area contributed by atoms with Crippen molar-refractivity contribution in [3.05, 3.63) is 25.3 Å². The van der Waals surface area contributed by atoms with E-state index < -0.39 is 71.3 Å². The van der Waals surface area contributed by atoms with Gasteiger partial charge in [0.05, 0.1) is 32.0 Å². The second kappa shape index (κ2) is 12.4. The lowest BCUT2D eigenvalue weighted by molar-refractivity contribution is -0.0504. The lowest BCUT2D eigenvalue weighted by Crippen LogP contribution is -2.33. The summed E-state index contributed by atoms with van der Waals surface area (Å²) in [5.74, 6) is 0.350. The van der Waals surface area contributed by atoms with Crippen LogP contribution in [0.5, 0.6) is 0 Å². The molecule has 0 bridgehead atoms. The Morgan fingerprint density at radius 3 is 2.02 bits per heavy atom. The summed E-state index contributed by atoms with van der Waals surface area (Å²) >= 11 is 0. The average molecular weight is 690 g/mol. The number of aliphatic hydroxyl groups excluding tert-OH is 3. The van der Waals surface area contributed by atoms with Crippen LogP contribution in [0.1, 0.15) is 18.9 Å². The lowest BCUT2D eigenvalue weighted by Gasteiger charge is -2.19. The van der Waals surface area contributed by atoms with Crippen molar-refractivity contribution in [1.82, 2.24) is 39.0 Å². The molecule has 46 heavy (non-hydrogen) atoms. The van der Waals surface area contributed by atoms with Crippen LogP contribution in [0.15, 0.2) is 25.3 Å². The van der Waals surface area contributed by atoms with E-state index in [1.54, 1.807) is 0 Å². The van der Waals surface area contributed by atoms with E-state index in [0.29, 0.717) is 23.1 Å². The second-order valence-electron chi connectivity index (χ2n) is 10.2. The van der Waals surface area contributed by atoms with E-state index in [4.69, 9.17) is 39.8 Å². The summed E-state index contributed by atoms with van der Waals surface area (Å²) in [7, 11) is -8.93. The van der Waals surface area contributed by atoms with Crippen molar-refractivity contribution < 1.29 is 62.2 Å². The summed E-state index contributed by atoms with van der Waals surface area (Å²) in [6, 6.07) is 0. The van der Waals surface area contributed by atoms with Gasteiger partial charge in [-0.3, -0.25) is 22.7 Å². The van der Waals surface area contributed by atoms with Gasteiger partial charge < -0.3 is 50.9 Å². The largest absolute Gasteiger partial charge is 0.472 e. The van der Waals surface area contributed by atoms with E-state index in [2.05, 4.69) is 34.4 Å². The first-order valence-electron chi connectivity index (χ1n) is 13.3. The number of phosphoric acid groups is 2. The average Bonchev–Trinajstić information content (AvgIpc) is 3.73. The maximum absolute atomic E-state index is 11.7. The van der Waals surface area contributed by atoms with Gasteiger partial charge in [-0.2, -0.15) is 0 Å². The van der Waals surface area contributed by atoms with Crippen LogP contribution in [0.2, 0.25) is 0 Å². The van der Waals surface area contributed by atoms with E-state index in [-0.39, 0.29) is 23.9 Å². The van der Waals surface area contributed by atoms with Gasteiger partial charge in [0, 0.05) is 6.42 Å². The number of phosphoric ester groups is 2. The molecule has 3 fully saturated rings. The molecule has 4 aromatic heterocycles. The van der Waals surface area contributed by atoms with Gasteiger partial charge in [-0.25, -0.2) is 39.0 Å². The highest BCUT2D eigenvalue weighted by molar-refractivity contribution is 7.47. The summed E-state index contributed by atoms with van der Waals surface area (Å²) in [4.78, 5) is 50.8. The number of ether oxygens (including phenoxy) is 2. The Kier molecular flexibility index (Phi) is 8.80. The fourth-order valence-corrected chi connectivity index (χ4v) is 6.47. The minimum Gasteiger partial charge on any atom is -0.387 e. The highest BCUT2D eigenvalue weighted by Gasteiger charge is 2.50. The van der Waals surface area contributed by atoms with Gasteiger partial charge in [0.15, 0.2) is 35.4 Å². The Bertz CT molecular complexity index is 1820. The zero-order chi connectivity index (χ0) is 33.0. The zero-order valence-electron chi connectivity index (χ0n) is 23.2. The number of fused-ring (bicyclic) bond motifs is 3. The SMILES string of the molecule is Nc1ncnc2c1ncn2[C@@H]1O[C@@H]2CCOP(=O)(O)O[C@@H]2C1O.Nc1ncnc2c1ncn2[C@@H]1O[C@H](COP(=O)(O)O)[C@H](O)C1O. The third kappa shape index (κ3) is 6.33. The highest BCUT2D eigenvalue weighted by atomic mass is 31.2. The predicted octanol–water partition coefficient (Wildman–Crippen LogP) is -2.29. The fourth-order valence-electron chi connectivity index (χ4n) is 5.16. The number of nitrogens with zero attached hydrogens (tertiary/aromatic N) is 8. The topological polar surface area (TPSA) is 341 Å². The van der Waals surface area contributed by atoms with Gasteiger partial charge in [-0.1, -0.05) is 0 Å². The zero-order valence-corrected chi connectivity index (χ0v) is 25.0. The highest BCUT2D eigenvalue weighted by Crippen LogP contribution is 2.51. The minimum absolute atomic E-state index is 0.00577. The van der Waals surface area contributed by atoms with Crippen LogP contribution in [0.3, 0.4) is 0 Å². The number of aromatic nitrogens is 8. The fraction of sp³-hybridized carbons (Fsp3) is 0.524. The lowest BCUT2D eigenvalue weighted by atomic mass is 10.1. The molecule has 0 saturated carbocycles. The Hall–Kier alpha value is -3.28. The Balaban J connectivity index is 0.000000162. The molecule has 0 amide bonds. The summed E-state index contributed by atoms with van der Waals surface area (Å²) < 4.78 is 50.5. The molecular weight excluding hydrogens is 662 g/mol. The Labute approximate surface area is 256 Å². The summed E-state index contributed by atoms with van der Waals surface area (Å²) in [6.07, 6.45) is -3.13. The predicted molar refractivity (Wildman–Crippen MR) is 149 cm³/mol. The normalized spacial score (nSPS) is 33.1. The van der Waals surface area contributed by atoms with Crippen molar-refractivity contribution in [3.8, 4) is 0 Å². The molecule has 10 N–H and O–H groups in total. The maximum Gasteiger partial charge on any atom is 0.472 e. The molecule has 0 aromatic carbocycles. The molecule has 7 rings (SSSR count). The van der Waals surface area contributed by atoms with E-state index in [9.17, 15) is 29.3 Å². The quantitative estimate of drug-likeness (QED) is 0.102. The molecule has 9 atom stereocenters. The number of imidazole rings is 2.